The third-order valence-corrected chi connectivity index (χ3v) is 6.49. The molecule has 0 aliphatic heterocycles. The molecule has 0 bridgehead atoms. The molecule has 204 valence electrons. The molecular formula is C26H32FN5O5S. The predicted octanol–water partition coefficient (Wildman–Crippen LogP) is 3.65. The van der Waals surface area contributed by atoms with E-state index in [0.717, 1.165) is 54.2 Å². The van der Waals surface area contributed by atoms with Crippen molar-refractivity contribution in [1.29, 1.82) is 0 Å². The van der Waals surface area contributed by atoms with E-state index in [0.29, 0.717) is 24.0 Å². The van der Waals surface area contributed by atoms with E-state index < -0.39 is 16.1 Å². The first kappa shape index (κ1) is 27.7. The fourth-order valence-corrected chi connectivity index (χ4v) is 4.45. The maximum Gasteiger partial charge on any atom is 0.329 e. The number of pyridine rings is 2. The molecule has 38 heavy (non-hydrogen) atoms. The smallest absolute Gasteiger partial charge is 0.329 e. The molecule has 1 aliphatic rings. The molecule has 3 aromatic heterocycles. The lowest BCUT2D eigenvalue weighted by Gasteiger charge is -2.27. The number of nitrogens with zero attached hydrogens (tertiary/aromatic N) is 5. The fraction of sp³-hybridized carbons (Fsp3) is 0.423. The van der Waals surface area contributed by atoms with Gasteiger partial charge in [-0.25, -0.2) is 4.79 Å². The van der Waals surface area contributed by atoms with Gasteiger partial charge in [0.15, 0.2) is 0 Å². The van der Waals surface area contributed by atoms with Crippen LogP contribution in [-0.4, -0.2) is 70.5 Å². The second kappa shape index (κ2) is 11.2. The molecule has 0 spiro atoms. The quantitative estimate of drug-likeness (QED) is 0.212. The number of fused-ring (bicyclic) bond motifs is 3. The molecule has 10 nitrogen and oxygen atoms in total. The van der Waals surface area contributed by atoms with Crippen LogP contribution >= 0.6 is 0 Å². The molecule has 0 amide bonds. The van der Waals surface area contributed by atoms with Gasteiger partial charge in [-0.2, -0.15) is 17.8 Å². The maximum atomic E-state index is 15.0. The Bertz CT molecular complexity index is 1620. The van der Waals surface area contributed by atoms with Crippen LogP contribution in [0.1, 0.15) is 31.7 Å². The number of aryl methyl sites for hydroxylation is 1. The minimum Gasteiger partial charge on any atom is -0.478 e. The summed E-state index contributed by atoms with van der Waals surface area (Å²) in [6.07, 6.45) is 6.42. The third-order valence-electron chi connectivity index (χ3n) is 6.49. The van der Waals surface area contributed by atoms with E-state index in [2.05, 4.69) is 14.9 Å². The highest BCUT2D eigenvalue weighted by atomic mass is 32.2. The first-order valence-corrected chi connectivity index (χ1v) is 14.2. The van der Waals surface area contributed by atoms with Gasteiger partial charge >= 0.3 is 5.69 Å². The van der Waals surface area contributed by atoms with Gasteiger partial charge in [0.05, 0.1) is 35.6 Å². The van der Waals surface area contributed by atoms with Gasteiger partial charge in [0.25, 0.3) is 10.1 Å². The molecule has 1 fully saturated rings. The summed E-state index contributed by atoms with van der Waals surface area (Å²) in [5.41, 5.74) is 3.49. The Morgan fingerprint density at radius 2 is 1.92 bits per heavy atom. The Morgan fingerprint density at radius 3 is 2.53 bits per heavy atom. The minimum absolute atomic E-state index is 0.0296. The lowest BCUT2D eigenvalue weighted by Crippen LogP contribution is -2.29. The topological polar surface area (TPSA) is 120 Å². The summed E-state index contributed by atoms with van der Waals surface area (Å²) in [6.45, 7) is 1.38. The minimum atomic E-state index is -3.67. The molecule has 1 aromatic carbocycles. The molecule has 1 N–H and O–H groups in total. The largest absolute Gasteiger partial charge is 0.478 e. The van der Waals surface area contributed by atoms with Crippen molar-refractivity contribution in [2.45, 2.75) is 31.7 Å². The standard InChI is InChI=1S/C25H28FN5O2.CH4O3S/c1-29(2)12-5-13-33-22-11-9-18(24(26)28-22)16-8-10-20-19(14-16)23-21(15-27-20)30(3)25(32)31(23)17-6-4-7-17;1-5(2,3)4/h8-11,14-15,17H,4-7,12-13H2,1-3H3;1H3,(H,2,3,4). The van der Waals surface area contributed by atoms with Crippen LogP contribution in [0, 0.1) is 5.95 Å². The summed E-state index contributed by atoms with van der Waals surface area (Å²) < 4.78 is 50.0. The molecule has 0 saturated heterocycles. The van der Waals surface area contributed by atoms with E-state index >= 15 is 0 Å². The van der Waals surface area contributed by atoms with E-state index in [9.17, 15) is 17.6 Å². The molecule has 0 unspecified atom stereocenters. The van der Waals surface area contributed by atoms with Crippen LogP contribution in [0.2, 0.25) is 0 Å². The fourth-order valence-electron chi connectivity index (χ4n) is 4.45. The average Bonchev–Trinajstić information content (AvgIpc) is 3.05. The Kier molecular flexibility index (Phi) is 8.14. The average molecular weight is 546 g/mol. The lowest BCUT2D eigenvalue weighted by molar-refractivity contribution is 0.270. The van der Waals surface area contributed by atoms with Gasteiger partial charge in [-0.3, -0.25) is 18.7 Å². The second-order valence-electron chi connectivity index (χ2n) is 9.75. The van der Waals surface area contributed by atoms with E-state index in [-0.39, 0.29) is 17.6 Å². The molecule has 5 rings (SSSR count). The van der Waals surface area contributed by atoms with Crippen LogP contribution in [0.15, 0.2) is 41.3 Å². The highest BCUT2D eigenvalue weighted by molar-refractivity contribution is 7.85. The number of benzene rings is 1. The molecule has 0 atom stereocenters. The van der Waals surface area contributed by atoms with Gasteiger partial charge in [0.2, 0.25) is 11.8 Å². The lowest BCUT2D eigenvalue weighted by atomic mass is 9.92. The van der Waals surface area contributed by atoms with Crippen LogP contribution < -0.4 is 10.4 Å². The number of halogens is 1. The Labute approximate surface area is 220 Å². The van der Waals surface area contributed by atoms with E-state index in [4.69, 9.17) is 9.29 Å². The van der Waals surface area contributed by atoms with Crippen molar-refractivity contribution in [1.82, 2.24) is 24.0 Å². The van der Waals surface area contributed by atoms with Crippen molar-refractivity contribution < 1.29 is 22.1 Å². The summed E-state index contributed by atoms with van der Waals surface area (Å²) in [4.78, 5) is 23.6. The van der Waals surface area contributed by atoms with Crippen LogP contribution in [0.5, 0.6) is 5.88 Å². The van der Waals surface area contributed by atoms with Gasteiger partial charge in [-0.15, -0.1) is 0 Å². The summed E-state index contributed by atoms with van der Waals surface area (Å²) in [6, 6.07) is 9.23. The van der Waals surface area contributed by atoms with Crippen LogP contribution in [0.3, 0.4) is 0 Å². The first-order chi connectivity index (χ1) is 17.9. The summed E-state index contributed by atoms with van der Waals surface area (Å²) in [7, 11) is 2.11. The zero-order valence-electron chi connectivity index (χ0n) is 21.9. The van der Waals surface area contributed by atoms with Gasteiger partial charge in [0, 0.05) is 36.7 Å². The number of imidazole rings is 1. The summed E-state index contributed by atoms with van der Waals surface area (Å²) in [5, 5.41) is 0.845. The number of ether oxygens (including phenoxy) is 1. The first-order valence-electron chi connectivity index (χ1n) is 12.3. The number of aromatic nitrogens is 4. The second-order valence-corrected chi connectivity index (χ2v) is 11.2. The van der Waals surface area contributed by atoms with Crippen LogP contribution in [0.4, 0.5) is 4.39 Å². The van der Waals surface area contributed by atoms with Crippen molar-refractivity contribution in [3.63, 3.8) is 0 Å². The molecule has 4 aromatic rings. The third kappa shape index (κ3) is 6.20. The van der Waals surface area contributed by atoms with E-state index in [1.165, 1.54) is 0 Å². The highest BCUT2D eigenvalue weighted by Gasteiger charge is 2.26. The zero-order chi connectivity index (χ0) is 27.6. The van der Waals surface area contributed by atoms with Crippen LogP contribution in [0.25, 0.3) is 33.1 Å². The van der Waals surface area contributed by atoms with Crippen LogP contribution in [-0.2, 0) is 17.2 Å². The maximum absolute atomic E-state index is 15.0. The monoisotopic (exact) mass is 545 g/mol. The van der Waals surface area contributed by atoms with E-state index in [1.807, 2.05) is 36.9 Å². The zero-order valence-corrected chi connectivity index (χ0v) is 22.7. The Morgan fingerprint density at radius 1 is 1.21 bits per heavy atom. The predicted molar refractivity (Wildman–Crippen MR) is 145 cm³/mol. The van der Waals surface area contributed by atoms with Crippen molar-refractivity contribution in [2.24, 2.45) is 7.05 Å². The molecule has 1 saturated carbocycles. The van der Waals surface area contributed by atoms with Crippen molar-refractivity contribution in [3.8, 4) is 17.0 Å². The number of hydrogen-bond acceptors (Lipinski definition) is 7. The molecule has 1 aliphatic carbocycles. The Balaban J connectivity index is 0.000000617. The van der Waals surface area contributed by atoms with Gasteiger partial charge in [-0.05, 0) is 63.5 Å². The highest BCUT2D eigenvalue weighted by Crippen LogP contribution is 2.36. The number of hydrogen-bond donors (Lipinski definition) is 1. The molecule has 3 heterocycles. The van der Waals surface area contributed by atoms with Gasteiger partial charge in [-0.1, -0.05) is 6.07 Å². The van der Waals surface area contributed by atoms with Crippen molar-refractivity contribution >= 4 is 32.1 Å². The van der Waals surface area contributed by atoms with E-state index in [1.54, 1.807) is 29.9 Å². The molecular weight excluding hydrogens is 513 g/mol. The van der Waals surface area contributed by atoms with Crippen molar-refractivity contribution in [3.05, 3.63) is 53.0 Å². The summed E-state index contributed by atoms with van der Waals surface area (Å²) >= 11 is 0. The number of rotatable bonds is 7. The normalized spacial score (nSPS) is 14.0. The molecule has 0 radical (unpaired) electrons. The van der Waals surface area contributed by atoms with Gasteiger partial charge in [0.1, 0.15) is 0 Å². The summed E-state index contributed by atoms with van der Waals surface area (Å²) in [5.74, 6) is -0.300. The molecule has 12 heteroatoms. The SMILES string of the molecule is CN(C)CCCOc1ccc(-c2ccc3ncc4c(c3c2)n(C2CCC2)c(=O)n4C)c(F)n1.CS(=O)(=O)O. The Hall–Kier alpha value is -3.35. The van der Waals surface area contributed by atoms with Gasteiger partial charge < -0.3 is 9.64 Å². The van der Waals surface area contributed by atoms with Crippen molar-refractivity contribution in [2.75, 3.05) is 33.5 Å².